The molecule has 0 unspecified atom stereocenters. The smallest absolute Gasteiger partial charge is 0.164 e. The van der Waals surface area contributed by atoms with Crippen LogP contribution < -0.4 is 0 Å². The lowest BCUT2D eigenvalue weighted by Gasteiger charge is -2.11. The number of aromatic nitrogens is 6. The van der Waals surface area contributed by atoms with Crippen LogP contribution in [0.5, 0.6) is 0 Å². The van der Waals surface area contributed by atoms with Crippen molar-refractivity contribution in [3.63, 3.8) is 0 Å². The van der Waals surface area contributed by atoms with Crippen LogP contribution in [0.4, 0.5) is 0 Å². The quantitative estimate of drug-likeness (QED) is 0.200. The molecule has 0 amide bonds. The van der Waals surface area contributed by atoms with E-state index in [9.17, 15) is 0 Å². The average Bonchev–Trinajstić information content (AvgIpc) is 3.72. The Kier molecular flexibility index (Phi) is 6.03. The van der Waals surface area contributed by atoms with E-state index < -0.39 is 0 Å². The Labute approximate surface area is 264 Å². The van der Waals surface area contributed by atoms with Gasteiger partial charge in [-0.05, 0) is 48.5 Å². The maximum atomic E-state index is 4.92. The maximum absolute atomic E-state index is 4.92. The van der Waals surface area contributed by atoms with Crippen molar-refractivity contribution in [1.82, 2.24) is 28.9 Å². The highest BCUT2D eigenvalue weighted by Gasteiger charge is 2.16. The monoisotopic (exact) mass is 590 g/mol. The molecule has 9 aromatic rings. The van der Waals surface area contributed by atoms with Crippen molar-refractivity contribution in [3.8, 4) is 51.1 Å². The fourth-order valence-corrected chi connectivity index (χ4v) is 6.18. The first-order valence-corrected chi connectivity index (χ1v) is 15.2. The molecule has 216 valence electrons. The highest BCUT2D eigenvalue weighted by Crippen LogP contribution is 2.35. The van der Waals surface area contributed by atoms with Crippen LogP contribution in [0.2, 0.25) is 0 Å². The van der Waals surface area contributed by atoms with E-state index in [0.717, 1.165) is 50.3 Å². The number of hydrogen-bond acceptors (Lipinski definition) is 4. The third-order valence-corrected chi connectivity index (χ3v) is 8.42. The van der Waals surface area contributed by atoms with Crippen LogP contribution in [0, 0.1) is 0 Å². The second-order valence-corrected chi connectivity index (χ2v) is 11.3. The fourth-order valence-electron chi connectivity index (χ4n) is 6.18. The molecule has 0 fully saturated rings. The molecule has 9 rings (SSSR count). The summed E-state index contributed by atoms with van der Waals surface area (Å²) in [6.07, 6.45) is 4.11. The zero-order chi connectivity index (χ0) is 30.5. The van der Waals surface area contributed by atoms with Crippen LogP contribution in [0.1, 0.15) is 0 Å². The first kappa shape index (κ1) is 26.0. The predicted molar refractivity (Wildman–Crippen MR) is 185 cm³/mol. The van der Waals surface area contributed by atoms with Crippen molar-refractivity contribution in [3.05, 3.63) is 158 Å². The molecule has 46 heavy (non-hydrogen) atoms. The van der Waals surface area contributed by atoms with Gasteiger partial charge in [-0.1, -0.05) is 97.1 Å². The second-order valence-electron chi connectivity index (χ2n) is 11.3. The summed E-state index contributed by atoms with van der Waals surface area (Å²) < 4.78 is 4.38. The first-order chi connectivity index (χ1) is 22.8. The van der Waals surface area contributed by atoms with Crippen molar-refractivity contribution in [2.24, 2.45) is 0 Å². The Hall–Kier alpha value is -6.40. The molecule has 0 bridgehead atoms. The van der Waals surface area contributed by atoms with Crippen LogP contribution >= 0.6 is 0 Å². The van der Waals surface area contributed by atoms with Crippen molar-refractivity contribution in [2.75, 3.05) is 0 Å². The van der Waals surface area contributed by atoms with E-state index >= 15 is 0 Å². The standard InChI is InChI=1S/C40H26N6/c1-3-11-27(12-4-1)38-42-39(28-13-5-2-6-14-28)44-40(43-38)29-18-21-31(22-19-29)46-35-16-8-7-15-32(35)33-23-20-30(25-36(33)46)34-26-45-24-10-9-17-37(45)41-34/h1-26H. The molecule has 4 heterocycles. The number of pyridine rings is 1. The zero-order valence-electron chi connectivity index (χ0n) is 24.7. The SMILES string of the molecule is c1ccc(-c2nc(-c3ccccc3)nc(-c3ccc(-n4c5ccccc5c5ccc(-c6cn7ccccc7n6)cc54)cc3)n2)cc1. The first-order valence-electron chi connectivity index (χ1n) is 15.2. The lowest BCUT2D eigenvalue weighted by atomic mass is 10.1. The molecule has 6 nitrogen and oxygen atoms in total. The molecular weight excluding hydrogens is 564 g/mol. The molecule has 0 saturated heterocycles. The molecule has 0 aliphatic rings. The van der Waals surface area contributed by atoms with Gasteiger partial charge in [0.1, 0.15) is 5.65 Å². The Balaban J connectivity index is 1.17. The third-order valence-electron chi connectivity index (χ3n) is 8.42. The van der Waals surface area contributed by atoms with Gasteiger partial charge >= 0.3 is 0 Å². The van der Waals surface area contributed by atoms with Gasteiger partial charge in [0.25, 0.3) is 0 Å². The van der Waals surface area contributed by atoms with E-state index in [4.69, 9.17) is 19.9 Å². The van der Waals surface area contributed by atoms with Crippen LogP contribution in [-0.4, -0.2) is 28.9 Å². The number of imidazole rings is 1. The van der Waals surface area contributed by atoms with E-state index in [1.807, 2.05) is 85.1 Å². The number of nitrogens with zero attached hydrogens (tertiary/aromatic N) is 6. The molecule has 5 aromatic carbocycles. The van der Waals surface area contributed by atoms with Crippen LogP contribution in [0.25, 0.3) is 78.6 Å². The van der Waals surface area contributed by atoms with Crippen LogP contribution in [0.15, 0.2) is 158 Å². The molecule has 0 aliphatic heterocycles. The summed E-state index contributed by atoms with van der Waals surface area (Å²) in [4.78, 5) is 19.6. The van der Waals surface area contributed by atoms with Gasteiger partial charge in [-0.15, -0.1) is 0 Å². The largest absolute Gasteiger partial charge is 0.309 e. The van der Waals surface area contributed by atoms with E-state index in [2.05, 4.69) is 81.9 Å². The number of hydrogen-bond donors (Lipinski definition) is 0. The van der Waals surface area contributed by atoms with Gasteiger partial charge in [-0.2, -0.15) is 0 Å². The minimum atomic E-state index is 0.635. The summed E-state index contributed by atoms with van der Waals surface area (Å²) in [7, 11) is 0. The molecule has 0 atom stereocenters. The van der Waals surface area contributed by atoms with Crippen LogP contribution in [0.3, 0.4) is 0 Å². The van der Waals surface area contributed by atoms with Crippen LogP contribution in [-0.2, 0) is 0 Å². The highest BCUT2D eigenvalue weighted by molar-refractivity contribution is 6.10. The average molecular weight is 591 g/mol. The third kappa shape index (κ3) is 4.43. The molecule has 6 heteroatoms. The summed E-state index contributed by atoms with van der Waals surface area (Å²) in [5.74, 6) is 1.93. The summed E-state index contributed by atoms with van der Waals surface area (Å²) in [5.41, 5.74) is 9.10. The predicted octanol–water partition coefficient (Wildman–Crippen LogP) is 9.28. The maximum Gasteiger partial charge on any atom is 0.164 e. The van der Waals surface area contributed by atoms with E-state index in [1.54, 1.807) is 0 Å². The summed E-state index contributed by atoms with van der Waals surface area (Å²) in [6, 6.07) is 49.8. The molecular formula is C40H26N6. The molecule has 0 spiro atoms. The van der Waals surface area contributed by atoms with Gasteiger partial charge in [0.15, 0.2) is 17.5 Å². The minimum Gasteiger partial charge on any atom is -0.309 e. The van der Waals surface area contributed by atoms with E-state index in [-0.39, 0.29) is 0 Å². The van der Waals surface area contributed by atoms with Crippen molar-refractivity contribution in [2.45, 2.75) is 0 Å². The number of para-hydroxylation sites is 1. The van der Waals surface area contributed by atoms with Gasteiger partial charge < -0.3 is 8.97 Å². The molecule has 0 radical (unpaired) electrons. The molecule has 0 aliphatic carbocycles. The van der Waals surface area contributed by atoms with E-state index in [0.29, 0.717) is 17.5 Å². The van der Waals surface area contributed by atoms with E-state index in [1.165, 1.54) is 10.8 Å². The van der Waals surface area contributed by atoms with Crippen molar-refractivity contribution in [1.29, 1.82) is 0 Å². The Morgan fingerprint density at radius 1 is 0.413 bits per heavy atom. The van der Waals surface area contributed by atoms with Crippen molar-refractivity contribution >= 4 is 27.5 Å². The zero-order valence-corrected chi connectivity index (χ0v) is 24.7. The Bertz CT molecular complexity index is 2420. The van der Waals surface area contributed by atoms with Gasteiger partial charge in [0, 0.05) is 51.1 Å². The Morgan fingerprint density at radius 3 is 1.65 bits per heavy atom. The fraction of sp³-hybridized carbons (Fsp3) is 0. The lowest BCUT2D eigenvalue weighted by molar-refractivity contribution is 1.07. The van der Waals surface area contributed by atoms with Gasteiger partial charge in [0.2, 0.25) is 0 Å². The second kappa shape index (κ2) is 10.6. The summed E-state index contributed by atoms with van der Waals surface area (Å²) >= 11 is 0. The highest BCUT2D eigenvalue weighted by atomic mass is 15.0. The minimum absolute atomic E-state index is 0.635. The normalized spacial score (nSPS) is 11.5. The lowest BCUT2D eigenvalue weighted by Crippen LogP contribution is -2.00. The summed E-state index contributed by atoms with van der Waals surface area (Å²) in [5, 5.41) is 2.41. The van der Waals surface area contributed by atoms with Gasteiger partial charge in [-0.25, -0.2) is 19.9 Å². The topological polar surface area (TPSA) is 60.9 Å². The summed E-state index contributed by atoms with van der Waals surface area (Å²) in [6.45, 7) is 0. The number of fused-ring (bicyclic) bond motifs is 4. The number of benzene rings is 5. The molecule has 4 aromatic heterocycles. The van der Waals surface area contributed by atoms with Crippen molar-refractivity contribution < 1.29 is 0 Å². The van der Waals surface area contributed by atoms with Gasteiger partial charge in [-0.3, -0.25) is 0 Å². The Morgan fingerprint density at radius 2 is 0.978 bits per heavy atom. The molecule has 0 saturated carbocycles. The molecule has 0 N–H and O–H groups in total. The van der Waals surface area contributed by atoms with Gasteiger partial charge in [0.05, 0.1) is 16.7 Å². The number of rotatable bonds is 5.